The molecule has 30 heavy (non-hydrogen) atoms. The molecule has 0 saturated carbocycles. The van der Waals surface area contributed by atoms with Crippen molar-refractivity contribution in [1.82, 2.24) is 14.7 Å². The summed E-state index contributed by atoms with van der Waals surface area (Å²) in [4.78, 5) is 20.1. The summed E-state index contributed by atoms with van der Waals surface area (Å²) >= 11 is 0. The molecule has 162 valence electrons. The summed E-state index contributed by atoms with van der Waals surface area (Å²) in [5, 5.41) is 10.2. The van der Waals surface area contributed by atoms with E-state index in [2.05, 4.69) is 42.8 Å². The molecule has 0 aliphatic carbocycles. The van der Waals surface area contributed by atoms with Crippen molar-refractivity contribution in [3.8, 4) is 5.75 Å². The maximum atomic E-state index is 13.4. The second kappa shape index (κ2) is 9.63. The molecule has 5 nitrogen and oxygen atoms in total. The molecule has 0 aromatic heterocycles. The maximum absolute atomic E-state index is 13.4. The van der Waals surface area contributed by atoms with Crippen LogP contribution < -0.4 is 0 Å². The van der Waals surface area contributed by atoms with Gasteiger partial charge in [0.05, 0.1) is 6.04 Å². The second-order valence-corrected chi connectivity index (χ2v) is 8.40. The molecule has 3 rings (SSSR count). The maximum Gasteiger partial charge on any atom is 0.254 e. The minimum Gasteiger partial charge on any atom is -0.508 e. The Morgan fingerprint density at radius 3 is 2.43 bits per heavy atom. The van der Waals surface area contributed by atoms with Crippen molar-refractivity contribution in [3.63, 3.8) is 0 Å². The summed E-state index contributed by atoms with van der Waals surface area (Å²) in [6.07, 6.45) is 0. The Hall–Kier alpha value is -2.37. The topological polar surface area (TPSA) is 47.0 Å². The van der Waals surface area contributed by atoms with Crippen molar-refractivity contribution < 1.29 is 9.90 Å². The standard InChI is InChI=1S/C25H35N3O2/c1-6-27(7-2)25(30)23-14-9-8-13-22(23)24(20-11-10-12-21(29)15-20)28-17-18(3)26(5)16-19(28)4/h8-15,18-19,24,29H,6-7,16-17H2,1-5H3/t18-,19-,24-/m1/s1. The van der Waals surface area contributed by atoms with Crippen LogP contribution in [0.4, 0.5) is 0 Å². The van der Waals surface area contributed by atoms with Gasteiger partial charge in [0.15, 0.2) is 0 Å². The van der Waals surface area contributed by atoms with Crippen LogP contribution in [0.2, 0.25) is 0 Å². The van der Waals surface area contributed by atoms with Gasteiger partial charge in [-0.15, -0.1) is 0 Å². The zero-order chi connectivity index (χ0) is 21.8. The molecule has 0 spiro atoms. The van der Waals surface area contributed by atoms with Gasteiger partial charge in [-0.3, -0.25) is 9.69 Å². The van der Waals surface area contributed by atoms with Gasteiger partial charge in [0.25, 0.3) is 5.91 Å². The van der Waals surface area contributed by atoms with E-state index in [4.69, 9.17) is 0 Å². The quantitative estimate of drug-likeness (QED) is 0.784. The van der Waals surface area contributed by atoms with Crippen molar-refractivity contribution in [2.75, 3.05) is 33.2 Å². The summed E-state index contributed by atoms with van der Waals surface area (Å²) in [5.41, 5.74) is 2.76. The summed E-state index contributed by atoms with van der Waals surface area (Å²) in [6.45, 7) is 11.7. The van der Waals surface area contributed by atoms with E-state index in [9.17, 15) is 9.90 Å². The van der Waals surface area contributed by atoms with E-state index in [1.54, 1.807) is 6.07 Å². The number of phenolic OH excluding ortho intramolecular Hbond substituents is 1. The van der Waals surface area contributed by atoms with E-state index < -0.39 is 0 Å². The highest BCUT2D eigenvalue weighted by atomic mass is 16.3. The Balaban J connectivity index is 2.14. The number of likely N-dealkylation sites (N-methyl/N-ethyl adjacent to an activating group) is 1. The lowest BCUT2D eigenvalue weighted by atomic mass is 9.90. The third kappa shape index (κ3) is 4.52. The lowest BCUT2D eigenvalue weighted by Gasteiger charge is -2.46. The predicted octanol–water partition coefficient (Wildman–Crippen LogP) is 3.99. The SMILES string of the molecule is CCN(CC)C(=O)c1ccccc1[C@@H](c1cccc(O)c1)N1C[C@@H](C)N(C)C[C@H]1C. The fourth-order valence-electron chi connectivity index (χ4n) is 4.54. The molecule has 1 saturated heterocycles. The van der Waals surface area contributed by atoms with Gasteiger partial charge in [0.2, 0.25) is 0 Å². The number of carbonyl (C=O) groups is 1. The first kappa shape index (κ1) is 22.3. The summed E-state index contributed by atoms with van der Waals surface area (Å²) < 4.78 is 0. The molecule has 0 radical (unpaired) electrons. The lowest BCUT2D eigenvalue weighted by Crippen LogP contribution is -2.56. The molecule has 2 aromatic carbocycles. The molecule has 0 bridgehead atoms. The molecule has 1 aliphatic heterocycles. The molecule has 1 fully saturated rings. The molecule has 1 amide bonds. The number of carbonyl (C=O) groups excluding carboxylic acids is 1. The van der Waals surface area contributed by atoms with Crippen LogP contribution >= 0.6 is 0 Å². The molecular weight excluding hydrogens is 374 g/mol. The Bertz CT molecular complexity index is 865. The van der Waals surface area contributed by atoms with Gasteiger partial charge < -0.3 is 14.9 Å². The molecule has 1 N–H and O–H groups in total. The van der Waals surface area contributed by atoms with E-state index >= 15 is 0 Å². The van der Waals surface area contributed by atoms with Crippen LogP contribution in [-0.2, 0) is 0 Å². The minimum absolute atomic E-state index is 0.0654. The zero-order valence-electron chi connectivity index (χ0n) is 18.9. The monoisotopic (exact) mass is 409 g/mol. The number of amides is 1. The van der Waals surface area contributed by atoms with Crippen LogP contribution in [-0.4, -0.2) is 71.0 Å². The van der Waals surface area contributed by atoms with Crippen molar-refractivity contribution in [2.45, 2.75) is 45.8 Å². The number of hydrogen-bond donors (Lipinski definition) is 1. The molecule has 1 heterocycles. The number of hydrogen-bond acceptors (Lipinski definition) is 4. The normalized spacial score (nSPS) is 21.4. The van der Waals surface area contributed by atoms with Gasteiger partial charge >= 0.3 is 0 Å². The third-order valence-corrected chi connectivity index (χ3v) is 6.40. The smallest absolute Gasteiger partial charge is 0.254 e. The van der Waals surface area contributed by atoms with Crippen LogP contribution in [0.5, 0.6) is 5.75 Å². The van der Waals surface area contributed by atoms with Crippen LogP contribution in [0.1, 0.15) is 55.2 Å². The van der Waals surface area contributed by atoms with Gasteiger partial charge in [-0.25, -0.2) is 0 Å². The first-order valence-electron chi connectivity index (χ1n) is 11.0. The molecular formula is C25H35N3O2. The van der Waals surface area contributed by atoms with Gasteiger partial charge in [-0.2, -0.15) is 0 Å². The number of benzene rings is 2. The fourth-order valence-corrected chi connectivity index (χ4v) is 4.54. The average molecular weight is 410 g/mol. The van der Waals surface area contributed by atoms with Gasteiger partial charge in [0.1, 0.15) is 5.75 Å². The lowest BCUT2D eigenvalue weighted by molar-refractivity contribution is 0.0384. The number of piperazine rings is 1. The van der Waals surface area contributed by atoms with Crippen LogP contribution in [0, 0.1) is 0 Å². The van der Waals surface area contributed by atoms with E-state index in [0.29, 0.717) is 25.2 Å². The third-order valence-electron chi connectivity index (χ3n) is 6.40. The molecule has 5 heteroatoms. The average Bonchev–Trinajstić information content (AvgIpc) is 2.73. The summed E-state index contributed by atoms with van der Waals surface area (Å²) in [6, 6.07) is 16.1. The van der Waals surface area contributed by atoms with E-state index in [1.165, 1.54) is 0 Å². The highest BCUT2D eigenvalue weighted by molar-refractivity contribution is 5.96. The number of aromatic hydroxyl groups is 1. The van der Waals surface area contributed by atoms with Gasteiger partial charge in [0, 0.05) is 43.8 Å². The number of nitrogens with zero attached hydrogens (tertiary/aromatic N) is 3. The van der Waals surface area contributed by atoms with E-state index in [-0.39, 0.29) is 17.7 Å². The van der Waals surface area contributed by atoms with Crippen molar-refractivity contribution in [3.05, 3.63) is 65.2 Å². The molecule has 1 aliphatic rings. The number of rotatable bonds is 6. The van der Waals surface area contributed by atoms with Gasteiger partial charge in [-0.1, -0.05) is 30.3 Å². The molecule has 2 aromatic rings. The Kier molecular flexibility index (Phi) is 7.16. The first-order chi connectivity index (χ1) is 14.4. The second-order valence-electron chi connectivity index (χ2n) is 8.40. The Morgan fingerprint density at radius 1 is 1.07 bits per heavy atom. The largest absolute Gasteiger partial charge is 0.508 e. The van der Waals surface area contributed by atoms with Crippen LogP contribution in [0.15, 0.2) is 48.5 Å². The molecule has 0 unspecified atom stereocenters. The van der Waals surface area contributed by atoms with Crippen LogP contribution in [0.3, 0.4) is 0 Å². The Labute approximate surface area is 180 Å². The van der Waals surface area contributed by atoms with E-state index in [1.807, 2.05) is 49.1 Å². The van der Waals surface area contributed by atoms with Crippen molar-refractivity contribution in [2.24, 2.45) is 0 Å². The van der Waals surface area contributed by atoms with Crippen molar-refractivity contribution >= 4 is 5.91 Å². The summed E-state index contributed by atoms with van der Waals surface area (Å²) in [5.74, 6) is 0.315. The predicted molar refractivity (Wildman–Crippen MR) is 122 cm³/mol. The van der Waals surface area contributed by atoms with Crippen molar-refractivity contribution in [1.29, 1.82) is 0 Å². The minimum atomic E-state index is -0.0982. The highest BCUT2D eigenvalue weighted by Crippen LogP contribution is 2.36. The van der Waals surface area contributed by atoms with Gasteiger partial charge in [-0.05, 0) is 64.1 Å². The van der Waals surface area contributed by atoms with Crippen LogP contribution in [0.25, 0.3) is 0 Å². The first-order valence-corrected chi connectivity index (χ1v) is 11.0. The molecule has 3 atom stereocenters. The van der Waals surface area contributed by atoms with E-state index in [0.717, 1.165) is 29.8 Å². The Morgan fingerprint density at radius 2 is 1.77 bits per heavy atom. The number of phenols is 1. The summed E-state index contributed by atoms with van der Waals surface area (Å²) in [7, 11) is 2.17. The highest BCUT2D eigenvalue weighted by Gasteiger charge is 2.35. The zero-order valence-corrected chi connectivity index (χ0v) is 18.9. The fraction of sp³-hybridized carbons (Fsp3) is 0.480.